The summed E-state index contributed by atoms with van der Waals surface area (Å²) in [6.07, 6.45) is 0. The number of aliphatic hydroxyl groups is 1. The van der Waals surface area contributed by atoms with Crippen LogP contribution in [0.3, 0.4) is 0 Å². The summed E-state index contributed by atoms with van der Waals surface area (Å²) in [6, 6.07) is 6.63. The molecule has 0 aliphatic carbocycles. The largest absolute Gasteiger partial charge is 0.508 e. The minimum Gasteiger partial charge on any atom is -0.508 e. The maximum Gasteiger partial charge on any atom is 0.214 e. The van der Waals surface area contributed by atoms with Crippen molar-refractivity contribution in [3.05, 3.63) is 24.3 Å². The van der Waals surface area contributed by atoms with E-state index in [9.17, 15) is 5.11 Å². The van der Waals surface area contributed by atoms with Crippen LogP contribution in [0, 0.1) is 0 Å². The van der Waals surface area contributed by atoms with Gasteiger partial charge in [-0.1, -0.05) is 11.8 Å². The summed E-state index contributed by atoms with van der Waals surface area (Å²) >= 11 is 1.46. The van der Waals surface area contributed by atoms with E-state index in [1.807, 2.05) is 0 Å². The molecular weight excluding hydrogens is 268 g/mol. The number of hydrogen-bond donors (Lipinski definition) is 2. The third-order valence-corrected chi connectivity index (χ3v) is 3.11. The molecule has 2 aromatic rings. The van der Waals surface area contributed by atoms with Crippen molar-refractivity contribution in [1.29, 1.82) is 0 Å². The molecule has 0 radical (unpaired) electrons. The van der Waals surface area contributed by atoms with Crippen LogP contribution >= 0.6 is 11.8 Å². The number of phenolic OH excluding ortho intramolecular Hbond substituents is 1. The normalized spacial score (nSPS) is 10.8. The Bertz CT molecular complexity index is 503. The summed E-state index contributed by atoms with van der Waals surface area (Å²) in [5.41, 5.74) is 0.779. The first-order valence-electron chi connectivity index (χ1n) is 5.70. The molecule has 0 atom stereocenters. The third-order valence-electron chi connectivity index (χ3n) is 2.23. The van der Waals surface area contributed by atoms with Crippen molar-refractivity contribution in [2.24, 2.45) is 0 Å². The van der Waals surface area contributed by atoms with Crippen LogP contribution in [0.1, 0.15) is 0 Å². The van der Waals surface area contributed by atoms with E-state index in [4.69, 9.17) is 9.84 Å². The number of tetrazole rings is 1. The average molecular weight is 282 g/mol. The number of ether oxygens (including phenoxy) is 1. The first-order chi connectivity index (χ1) is 9.31. The number of rotatable bonds is 7. The minimum absolute atomic E-state index is 0.0237. The number of aromatic nitrogens is 4. The summed E-state index contributed by atoms with van der Waals surface area (Å²) in [5.74, 6) is 0.891. The zero-order valence-electron chi connectivity index (χ0n) is 10.1. The van der Waals surface area contributed by atoms with E-state index in [1.165, 1.54) is 11.8 Å². The molecule has 0 saturated carbocycles. The molecule has 0 unspecified atom stereocenters. The van der Waals surface area contributed by atoms with Crippen molar-refractivity contribution in [1.82, 2.24) is 20.2 Å². The topological polar surface area (TPSA) is 93.3 Å². The van der Waals surface area contributed by atoms with Crippen LogP contribution in [0.4, 0.5) is 0 Å². The van der Waals surface area contributed by atoms with Gasteiger partial charge in [-0.25, -0.2) is 0 Å². The van der Waals surface area contributed by atoms with Gasteiger partial charge in [0.1, 0.15) is 5.75 Å². The predicted octanol–water partition coefficient (Wildman–Crippen LogP) is 0.469. The molecule has 0 bridgehead atoms. The minimum atomic E-state index is 0.0237. The van der Waals surface area contributed by atoms with E-state index in [2.05, 4.69) is 15.5 Å². The molecule has 19 heavy (non-hydrogen) atoms. The lowest BCUT2D eigenvalue weighted by Gasteiger charge is -2.04. The Labute approximate surface area is 114 Å². The molecule has 1 heterocycles. The Hall–Kier alpha value is -1.64. The highest BCUT2D eigenvalue weighted by atomic mass is 32.2. The van der Waals surface area contributed by atoms with Gasteiger partial charge in [-0.05, 0) is 34.7 Å². The fourth-order valence-electron chi connectivity index (χ4n) is 1.38. The van der Waals surface area contributed by atoms with Crippen LogP contribution in [-0.4, -0.2) is 56.0 Å². The molecule has 7 nitrogen and oxygen atoms in total. The summed E-state index contributed by atoms with van der Waals surface area (Å²) in [6.45, 7) is 0.882. The SMILES string of the molecule is OCCOCCSc1nnnn1-c1ccc(O)cc1. The highest BCUT2D eigenvalue weighted by molar-refractivity contribution is 7.99. The molecule has 1 aromatic carbocycles. The molecule has 1 aromatic heterocycles. The van der Waals surface area contributed by atoms with Gasteiger partial charge in [0.25, 0.3) is 0 Å². The van der Waals surface area contributed by atoms with Crippen molar-refractivity contribution in [3.63, 3.8) is 0 Å². The number of phenols is 1. The molecule has 0 aliphatic heterocycles. The lowest BCUT2D eigenvalue weighted by Crippen LogP contribution is -2.04. The van der Waals surface area contributed by atoms with Gasteiger partial charge < -0.3 is 14.9 Å². The zero-order chi connectivity index (χ0) is 13.5. The molecule has 2 rings (SSSR count). The maximum atomic E-state index is 9.24. The van der Waals surface area contributed by atoms with E-state index >= 15 is 0 Å². The Morgan fingerprint density at radius 3 is 2.74 bits per heavy atom. The summed E-state index contributed by atoms with van der Waals surface area (Å²) < 4.78 is 6.75. The van der Waals surface area contributed by atoms with E-state index in [0.717, 1.165) is 5.69 Å². The maximum absolute atomic E-state index is 9.24. The lowest BCUT2D eigenvalue weighted by molar-refractivity contribution is 0.103. The average Bonchev–Trinajstić information content (AvgIpc) is 2.88. The molecule has 102 valence electrons. The second-order valence-electron chi connectivity index (χ2n) is 3.57. The number of nitrogens with zero attached hydrogens (tertiary/aromatic N) is 4. The van der Waals surface area contributed by atoms with Crippen LogP contribution in [0.25, 0.3) is 5.69 Å². The van der Waals surface area contributed by atoms with Crippen LogP contribution in [-0.2, 0) is 4.74 Å². The van der Waals surface area contributed by atoms with Crippen molar-refractivity contribution in [3.8, 4) is 11.4 Å². The Morgan fingerprint density at radius 2 is 2.00 bits per heavy atom. The molecule has 0 fully saturated rings. The van der Waals surface area contributed by atoms with Gasteiger partial charge in [0.05, 0.1) is 25.5 Å². The molecule has 2 N–H and O–H groups in total. The monoisotopic (exact) mass is 282 g/mol. The standard InChI is InChI=1S/C11H14N4O3S/c16-5-6-18-7-8-19-11-12-13-14-15(11)9-1-3-10(17)4-2-9/h1-4,16-17H,5-8H2. The Balaban J connectivity index is 1.96. The number of thioether (sulfide) groups is 1. The molecule has 0 saturated heterocycles. The van der Waals surface area contributed by atoms with Crippen molar-refractivity contribution in [2.45, 2.75) is 5.16 Å². The van der Waals surface area contributed by atoms with E-state index < -0.39 is 0 Å². The third kappa shape index (κ3) is 3.91. The quantitative estimate of drug-likeness (QED) is 0.563. The van der Waals surface area contributed by atoms with Gasteiger partial charge in [-0.3, -0.25) is 0 Å². The van der Waals surface area contributed by atoms with Gasteiger partial charge in [0.15, 0.2) is 0 Å². The molecule has 0 aliphatic rings. The zero-order valence-corrected chi connectivity index (χ0v) is 11.0. The first-order valence-corrected chi connectivity index (χ1v) is 6.69. The van der Waals surface area contributed by atoms with Gasteiger partial charge in [-0.15, -0.1) is 5.10 Å². The van der Waals surface area contributed by atoms with Gasteiger partial charge in [0.2, 0.25) is 5.16 Å². The fourth-order valence-corrected chi connectivity index (χ4v) is 2.13. The molecule has 8 heteroatoms. The first kappa shape index (κ1) is 13.8. The summed E-state index contributed by atoms with van der Waals surface area (Å²) in [5, 5.41) is 29.9. The molecular formula is C11H14N4O3S. The second kappa shape index (κ2) is 7.07. The predicted molar refractivity (Wildman–Crippen MR) is 69.4 cm³/mol. The lowest BCUT2D eigenvalue weighted by atomic mass is 10.3. The number of aliphatic hydroxyl groups excluding tert-OH is 1. The smallest absolute Gasteiger partial charge is 0.214 e. The number of aromatic hydroxyl groups is 1. The molecule has 0 spiro atoms. The van der Waals surface area contributed by atoms with E-state index in [-0.39, 0.29) is 12.4 Å². The van der Waals surface area contributed by atoms with Crippen LogP contribution in [0.15, 0.2) is 29.4 Å². The van der Waals surface area contributed by atoms with E-state index in [0.29, 0.717) is 24.1 Å². The van der Waals surface area contributed by atoms with Crippen molar-refractivity contribution >= 4 is 11.8 Å². The van der Waals surface area contributed by atoms with Gasteiger partial charge >= 0.3 is 0 Å². The van der Waals surface area contributed by atoms with Crippen molar-refractivity contribution in [2.75, 3.05) is 25.6 Å². The van der Waals surface area contributed by atoms with Crippen LogP contribution in [0.5, 0.6) is 5.75 Å². The number of hydrogen-bond acceptors (Lipinski definition) is 7. The Morgan fingerprint density at radius 1 is 1.21 bits per heavy atom. The number of benzene rings is 1. The highest BCUT2D eigenvalue weighted by Gasteiger charge is 2.08. The summed E-state index contributed by atoms with van der Waals surface area (Å²) in [4.78, 5) is 0. The van der Waals surface area contributed by atoms with Crippen molar-refractivity contribution < 1.29 is 14.9 Å². The van der Waals surface area contributed by atoms with Gasteiger partial charge in [-0.2, -0.15) is 4.68 Å². The van der Waals surface area contributed by atoms with Crippen LogP contribution in [0.2, 0.25) is 0 Å². The molecule has 0 amide bonds. The highest BCUT2D eigenvalue weighted by Crippen LogP contribution is 2.19. The second-order valence-corrected chi connectivity index (χ2v) is 4.64. The fraction of sp³-hybridized carbons (Fsp3) is 0.364. The summed E-state index contributed by atoms with van der Waals surface area (Å²) in [7, 11) is 0. The Kier molecular flexibility index (Phi) is 5.13. The van der Waals surface area contributed by atoms with Gasteiger partial charge in [0, 0.05) is 5.75 Å². The van der Waals surface area contributed by atoms with Crippen LogP contribution < -0.4 is 0 Å². The van der Waals surface area contributed by atoms with E-state index in [1.54, 1.807) is 28.9 Å².